The van der Waals surface area contributed by atoms with Crippen molar-refractivity contribution in [3.63, 3.8) is 0 Å². The summed E-state index contributed by atoms with van der Waals surface area (Å²) in [6, 6.07) is 11.9. The molecule has 1 fully saturated rings. The molecule has 0 amide bonds. The molecule has 94 valence electrons. The quantitative estimate of drug-likeness (QED) is 0.846. The van der Waals surface area contributed by atoms with Gasteiger partial charge in [-0.15, -0.1) is 0 Å². The van der Waals surface area contributed by atoms with Crippen molar-refractivity contribution in [3.8, 4) is 0 Å². The minimum absolute atomic E-state index is 0.426. The highest BCUT2D eigenvalue weighted by Gasteiger charge is 2.26. The normalized spacial score (nSPS) is 24.4. The van der Waals surface area contributed by atoms with Crippen LogP contribution in [0.2, 0.25) is 0 Å². The van der Waals surface area contributed by atoms with Gasteiger partial charge >= 0.3 is 0 Å². The summed E-state index contributed by atoms with van der Waals surface area (Å²) < 4.78 is 0. The van der Waals surface area contributed by atoms with Gasteiger partial charge in [-0.1, -0.05) is 37.3 Å². The molecule has 1 aliphatic rings. The van der Waals surface area contributed by atoms with E-state index < -0.39 is 0 Å². The number of rotatable bonds is 5. The minimum Gasteiger partial charge on any atom is -0.328 e. The Balaban J connectivity index is 1.97. The average molecular weight is 232 g/mol. The van der Waals surface area contributed by atoms with E-state index in [1.807, 2.05) is 0 Å². The highest BCUT2D eigenvalue weighted by Crippen LogP contribution is 2.24. The van der Waals surface area contributed by atoms with Crippen LogP contribution in [-0.4, -0.2) is 23.5 Å². The Hall–Kier alpha value is -0.860. The fraction of sp³-hybridized carbons (Fsp3) is 0.600. The van der Waals surface area contributed by atoms with E-state index in [0.29, 0.717) is 12.1 Å². The van der Waals surface area contributed by atoms with E-state index in [9.17, 15) is 0 Å². The fourth-order valence-corrected chi connectivity index (χ4v) is 2.82. The molecule has 1 aliphatic carbocycles. The van der Waals surface area contributed by atoms with Crippen LogP contribution in [0.5, 0.6) is 0 Å². The Morgan fingerprint density at radius 2 is 2.00 bits per heavy atom. The molecule has 1 saturated carbocycles. The van der Waals surface area contributed by atoms with Gasteiger partial charge in [-0.2, -0.15) is 0 Å². The predicted molar refractivity (Wildman–Crippen MR) is 72.8 cm³/mol. The molecule has 0 heterocycles. The first-order chi connectivity index (χ1) is 8.29. The fourth-order valence-electron chi connectivity index (χ4n) is 2.82. The van der Waals surface area contributed by atoms with E-state index in [0.717, 1.165) is 6.54 Å². The van der Waals surface area contributed by atoms with Crippen molar-refractivity contribution in [3.05, 3.63) is 35.9 Å². The summed E-state index contributed by atoms with van der Waals surface area (Å²) >= 11 is 0. The lowest BCUT2D eigenvalue weighted by Gasteiger charge is -2.28. The van der Waals surface area contributed by atoms with Gasteiger partial charge in [0.1, 0.15) is 0 Å². The molecule has 2 heteroatoms. The van der Waals surface area contributed by atoms with Crippen LogP contribution in [0.25, 0.3) is 0 Å². The maximum Gasteiger partial charge on any atom is 0.0236 e. The largest absolute Gasteiger partial charge is 0.328 e. The van der Waals surface area contributed by atoms with Crippen LogP contribution < -0.4 is 5.73 Å². The third kappa shape index (κ3) is 3.55. The highest BCUT2D eigenvalue weighted by molar-refractivity contribution is 5.14. The van der Waals surface area contributed by atoms with Crippen LogP contribution in [0.15, 0.2) is 30.3 Å². The molecule has 2 unspecified atom stereocenters. The molecular weight excluding hydrogens is 208 g/mol. The topological polar surface area (TPSA) is 29.3 Å². The molecule has 2 rings (SSSR count). The summed E-state index contributed by atoms with van der Waals surface area (Å²) in [5.74, 6) is 0. The van der Waals surface area contributed by atoms with Crippen LogP contribution in [0, 0.1) is 0 Å². The third-order valence-corrected chi connectivity index (χ3v) is 3.70. The Labute approximate surface area is 105 Å². The maximum atomic E-state index is 6.03. The molecule has 2 N–H and O–H groups in total. The number of hydrogen-bond donors (Lipinski definition) is 1. The Kier molecular flexibility index (Phi) is 4.57. The summed E-state index contributed by atoms with van der Waals surface area (Å²) in [6.45, 7) is 4.52. The molecule has 0 aromatic heterocycles. The summed E-state index contributed by atoms with van der Waals surface area (Å²) in [7, 11) is 0. The monoisotopic (exact) mass is 232 g/mol. The molecule has 0 spiro atoms. The maximum absolute atomic E-state index is 6.03. The van der Waals surface area contributed by atoms with Crippen LogP contribution in [0.3, 0.4) is 0 Å². The van der Waals surface area contributed by atoms with Crippen molar-refractivity contribution in [2.45, 2.75) is 51.2 Å². The van der Waals surface area contributed by atoms with Gasteiger partial charge in [0.25, 0.3) is 0 Å². The number of hydrogen-bond acceptors (Lipinski definition) is 2. The standard InChI is InChI=1S/C15H24N2/c1-2-10-17(15-9-8-14(16)11-15)12-13-6-4-3-5-7-13/h3-7,14-15H,2,8-12,16H2,1H3. The second-order valence-corrected chi connectivity index (χ2v) is 5.18. The average Bonchev–Trinajstić information content (AvgIpc) is 2.77. The summed E-state index contributed by atoms with van der Waals surface area (Å²) in [4.78, 5) is 2.61. The van der Waals surface area contributed by atoms with Crippen molar-refractivity contribution in [2.75, 3.05) is 6.54 Å². The second kappa shape index (κ2) is 6.18. The van der Waals surface area contributed by atoms with Gasteiger partial charge < -0.3 is 5.73 Å². The number of nitrogens with two attached hydrogens (primary N) is 1. The molecule has 1 aromatic carbocycles. The van der Waals surface area contributed by atoms with E-state index in [2.05, 4.69) is 42.2 Å². The van der Waals surface area contributed by atoms with Gasteiger partial charge in [-0.25, -0.2) is 0 Å². The number of benzene rings is 1. The summed E-state index contributed by atoms with van der Waals surface area (Å²) in [6.07, 6.45) is 4.86. The van der Waals surface area contributed by atoms with E-state index in [-0.39, 0.29) is 0 Å². The van der Waals surface area contributed by atoms with E-state index >= 15 is 0 Å². The van der Waals surface area contributed by atoms with Crippen LogP contribution >= 0.6 is 0 Å². The van der Waals surface area contributed by atoms with Gasteiger partial charge in [-0.05, 0) is 37.8 Å². The molecule has 17 heavy (non-hydrogen) atoms. The van der Waals surface area contributed by atoms with E-state index in [1.165, 1.54) is 37.8 Å². The molecule has 0 bridgehead atoms. The minimum atomic E-state index is 0.426. The molecule has 2 nitrogen and oxygen atoms in total. The smallest absolute Gasteiger partial charge is 0.0236 e. The van der Waals surface area contributed by atoms with Crippen LogP contribution in [-0.2, 0) is 6.54 Å². The zero-order chi connectivity index (χ0) is 12.1. The van der Waals surface area contributed by atoms with Crippen molar-refractivity contribution in [1.29, 1.82) is 0 Å². The lowest BCUT2D eigenvalue weighted by atomic mass is 10.1. The molecule has 0 radical (unpaired) electrons. The SMILES string of the molecule is CCCN(Cc1ccccc1)C1CCC(N)C1. The second-order valence-electron chi connectivity index (χ2n) is 5.18. The van der Waals surface area contributed by atoms with Gasteiger partial charge in [0.2, 0.25) is 0 Å². The first kappa shape index (κ1) is 12.6. The lowest BCUT2D eigenvalue weighted by Crippen LogP contribution is -2.34. The highest BCUT2D eigenvalue weighted by atomic mass is 15.2. The Bertz CT molecular complexity index is 323. The Morgan fingerprint density at radius 1 is 1.24 bits per heavy atom. The molecule has 0 saturated heterocycles. The molecule has 0 aliphatic heterocycles. The third-order valence-electron chi connectivity index (χ3n) is 3.70. The van der Waals surface area contributed by atoms with Crippen molar-refractivity contribution in [2.24, 2.45) is 5.73 Å². The van der Waals surface area contributed by atoms with Gasteiger partial charge in [-0.3, -0.25) is 4.90 Å². The van der Waals surface area contributed by atoms with Crippen LogP contribution in [0.4, 0.5) is 0 Å². The van der Waals surface area contributed by atoms with E-state index in [1.54, 1.807) is 0 Å². The first-order valence-corrected chi connectivity index (χ1v) is 6.83. The lowest BCUT2D eigenvalue weighted by molar-refractivity contribution is 0.188. The van der Waals surface area contributed by atoms with Gasteiger partial charge in [0.15, 0.2) is 0 Å². The zero-order valence-electron chi connectivity index (χ0n) is 10.8. The van der Waals surface area contributed by atoms with Gasteiger partial charge in [0.05, 0.1) is 0 Å². The zero-order valence-corrected chi connectivity index (χ0v) is 10.8. The van der Waals surface area contributed by atoms with Crippen molar-refractivity contribution < 1.29 is 0 Å². The molecule has 1 aromatic rings. The predicted octanol–water partition coefficient (Wildman–Crippen LogP) is 2.78. The van der Waals surface area contributed by atoms with E-state index in [4.69, 9.17) is 5.73 Å². The molecule has 2 atom stereocenters. The number of nitrogens with zero attached hydrogens (tertiary/aromatic N) is 1. The molecular formula is C15H24N2. The first-order valence-electron chi connectivity index (χ1n) is 6.83. The summed E-state index contributed by atoms with van der Waals surface area (Å²) in [5.41, 5.74) is 7.44. The van der Waals surface area contributed by atoms with Crippen molar-refractivity contribution in [1.82, 2.24) is 4.90 Å². The summed E-state index contributed by atoms with van der Waals surface area (Å²) in [5, 5.41) is 0. The van der Waals surface area contributed by atoms with Gasteiger partial charge in [0, 0.05) is 18.6 Å². The van der Waals surface area contributed by atoms with Crippen molar-refractivity contribution >= 4 is 0 Å². The van der Waals surface area contributed by atoms with Crippen LogP contribution in [0.1, 0.15) is 38.2 Å². The Morgan fingerprint density at radius 3 is 2.59 bits per heavy atom.